The number of anilines is 1. The number of carbonyl (C=O) groups is 1. The topological polar surface area (TPSA) is 73.4 Å². The normalized spacial score (nSPS) is 11.7. The van der Waals surface area contributed by atoms with Crippen molar-refractivity contribution >= 4 is 17.8 Å². The van der Waals surface area contributed by atoms with Crippen LogP contribution in [0.2, 0.25) is 0 Å². The zero-order valence-corrected chi connectivity index (χ0v) is 14.2. The summed E-state index contributed by atoms with van der Waals surface area (Å²) in [5.74, 6) is -0.335. The average molecular weight is 313 g/mol. The molecule has 6 nitrogen and oxygen atoms in total. The molecule has 2 aromatic rings. The highest BCUT2D eigenvalue weighted by atomic mass is 16.2. The van der Waals surface area contributed by atoms with Crippen LogP contribution >= 0.6 is 0 Å². The lowest BCUT2D eigenvalue weighted by Crippen LogP contribution is -2.18. The summed E-state index contributed by atoms with van der Waals surface area (Å²) < 4.78 is 0. The van der Waals surface area contributed by atoms with Gasteiger partial charge in [0.25, 0.3) is 5.91 Å². The van der Waals surface area contributed by atoms with Crippen LogP contribution in [0, 0.1) is 0 Å². The van der Waals surface area contributed by atoms with Crippen LogP contribution in [0.15, 0.2) is 35.4 Å². The number of hydrogen-bond acceptors (Lipinski definition) is 4. The predicted octanol–water partition coefficient (Wildman–Crippen LogP) is 2.54. The van der Waals surface area contributed by atoms with E-state index in [2.05, 4.69) is 41.5 Å². The van der Waals surface area contributed by atoms with Crippen molar-refractivity contribution in [1.82, 2.24) is 15.6 Å². The van der Waals surface area contributed by atoms with Gasteiger partial charge >= 0.3 is 0 Å². The molecule has 0 aliphatic rings. The smallest absolute Gasteiger partial charge is 0.291 e. The minimum atomic E-state index is -0.335. The molecule has 0 saturated carbocycles. The van der Waals surface area contributed by atoms with Gasteiger partial charge in [0, 0.05) is 30.9 Å². The first kappa shape index (κ1) is 16.7. The van der Waals surface area contributed by atoms with Crippen LogP contribution in [0.25, 0.3) is 0 Å². The Hall–Kier alpha value is -2.63. The summed E-state index contributed by atoms with van der Waals surface area (Å²) in [5.41, 5.74) is 5.66. The molecule has 0 spiro atoms. The molecular weight excluding hydrogens is 290 g/mol. The summed E-state index contributed by atoms with van der Waals surface area (Å²) >= 11 is 0. The number of nitrogens with zero attached hydrogens (tertiary/aromatic N) is 3. The summed E-state index contributed by atoms with van der Waals surface area (Å²) in [5, 5.41) is 10.9. The van der Waals surface area contributed by atoms with Crippen molar-refractivity contribution in [2.24, 2.45) is 5.10 Å². The van der Waals surface area contributed by atoms with Gasteiger partial charge in [0.1, 0.15) is 0 Å². The molecule has 2 N–H and O–H groups in total. The van der Waals surface area contributed by atoms with Crippen LogP contribution in [-0.4, -0.2) is 36.4 Å². The van der Waals surface area contributed by atoms with Gasteiger partial charge < -0.3 is 4.90 Å². The Balaban J connectivity index is 1.97. The van der Waals surface area contributed by atoms with Crippen LogP contribution in [-0.2, 0) is 5.41 Å². The van der Waals surface area contributed by atoms with Crippen molar-refractivity contribution in [2.75, 3.05) is 19.0 Å². The van der Waals surface area contributed by atoms with E-state index in [1.165, 1.54) is 0 Å². The van der Waals surface area contributed by atoms with Gasteiger partial charge in [0.15, 0.2) is 5.69 Å². The second kappa shape index (κ2) is 6.64. The maximum absolute atomic E-state index is 12.0. The molecule has 6 heteroatoms. The Bertz CT molecular complexity index is 693. The van der Waals surface area contributed by atoms with E-state index in [9.17, 15) is 4.79 Å². The molecule has 0 fully saturated rings. The van der Waals surface area contributed by atoms with Crippen LogP contribution in [0.4, 0.5) is 5.69 Å². The van der Waals surface area contributed by atoms with Crippen LogP contribution < -0.4 is 10.3 Å². The fourth-order valence-corrected chi connectivity index (χ4v) is 1.90. The Kier molecular flexibility index (Phi) is 4.83. The summed E-state index contributed by atoms with van der Waals surface area (Å²) in [6, 6.07) is 9.62. The number of benzene rings is 1. The van der Waals surface area contributed by atoms with Gasteiger partial charge in [-0.3, -0.25) is 9.89 Å². The third kappa shape index (κ3) is 4.42. The zero-order valence-electron chi connectivity index (χ0n) is 14.2. The van der Waals surface area contributed by atoms with E-state index < -0.39 is 0 Å². The van der Waals surface area contributed by atoms with Crippen molar-refractivity contribution < 1.29 is 4.79 Å². The number of aromatic nitrogens is 2. The summed E-state index contributed by atoms with van der Waals surface area (Å²) in [4.78, 5) is 14.0. The molecule has 0 radical (unpaired) electrons. The number of hydrazone groups is 1. The first-order valence-corrected chi connectivity index (χ1v) is 7.44. The van der Waals surface area contributed by atoms with Gasteiger partial charge in [-0.1, -0.05) is 32.9 Å². The molecule has 1 amide bonds. The Morgan fingerprint density at radius 3 is 2.43 bits per heavy atom. The third-order valence-electron chi connectivity index (χ3n) is 3.41. The molecule has 0 bridgehead atoms. The molecular formula is C17H23N5O. The number of H-pyrrole nitrogens is 1. The number of amides is 1. The highest BCUT2D eigenvalue weighted by Gasteiger charge is 2.19. The van der Waals surface area contributed by atoms with E-state index in [1.807, 2.05) is 43.3 Å². The quantitative estimate of drug-likeness (QED) is 0.673. The number of carbonyl (C=O) groups excluding carboxylic acids is 1. The second-order valence-electron chi connectivity index (χ2n) is 6.60. The van der Waals surface area contributed by atoms with E-state index in [0.29, 0.717) is 5.69 Å². The number of nitrogens with one attached hydrogen (secondary N) is 2. The molecule has 122 valence electrons. The Labute approximate surface area is 136 Å². The van der Waals surface area contributed by atoms with Crippen molar-refractivity contribution in [2.45, 2.75) is 26.2 Å². The number of hydrogen-bond donors (Lipinski definition) is 2. The van der Waals surface area contributed by atoms with Crippen LogP contribution in [0.3, 0.4) is 0 Å². The highest BCUT2D eigenvalue weighted by Crippen LogP contribution is 2.20. The van der Waals surface area contributed by atoms with E-state index in [0.717, 1.165) is 16.9 Å². The van der Waals surface area contributed by atoms with Crippen LogP contribution in [0.5, 0.6) is 0 Å². The first-order chi connectivity index (χ1) is 10.8. The molecule has 1 aromatic heterocycles. The lowest BCUT2D eigenvalue weighted by molar-refractivity contribution is 0.0950. The predicted molar refractivity (Wildman–Crippen MR) is 93.1 cm³/mol. The van der Waals surface area contributed by atoms with E-state index in [4.69, 9.17) is 0 Å². The molecule has 23 heavy (non-hydrogen) atoms. The fraction of sp³-hybridized carbons (Fsp3) is 0.353. The second-order valence-corrected chi connectivity index (χ2v) is 6.60. The van der Waals surface area contributed by atoms with Gasteiger partial charge in [-0.2, -0.15) is 10.2 Å². The molecule has 0 aliphatic heterocycles. The van der Waals surface area contributed by atoms with Gasteiger partial charge in [-0.25, -0.2) is 5.43 Å². The summed E-state index contributed by atoms with van der Waals surface area (Å²) in [6.45, 7) is 6.16. The molecule has 0 atom stereocenters. The molecule has 1 aromatic carbocycles. The van der Waals surface area contributed by atoms with Gasteiger partial charge in [-0.15, -0.1) is 0 Å². The molecule has 0 unspecified atom stereocenters. The third-order valence-corrected chi connectivity index (χ3v) is 3.41. The van der Waals surface area contributed by atoms with Gasteiger partial charge in [0.2, 0.25) is 0 Å². The van der Waals surface area contributed by atoms with Gasteiger partial charge in [-0.05, 0) is 23.8 Å². The maximum Gasteiger partial charge on any atom is 0.291 e. The van der Waals surface area contributed by atoms with Crippen molar-refractivity contribution in [1.29, 1.82) is 0 Å². The fourth-order valence-electron chi connectivity index (χ4n) is 1.90. The largest absolute Gasteiger partial charge is 0.378 e. The maximum atomic E-state index is 12.0. The van der Waals surface area contributed by atoms with Crippen molar-refractivity contribution in [3.05, 3.63) is 47.3 Å². The molecule has 0 aliphatic carbocycles. The lowest BCUT2D eigenvalue weighted by atomic mass is 9.92. The molecule has 0 saturated heterocycles. The Morgan fingerprint density at radius 2 is 1.91 bits per heavy atom. The van der Waals surface area contributed by atoms with Crippen molar-refractivity contribution in [3.8, 4) is 0 Å². The average Bonchev–Trinajstić information content (AvgIpc) is 2.97. The number of aromatic amines is 1. The molecule has 2 rings (SSSR count). The van der Waals surface area contributed by atoms with E-state index in [-0.39, 0.29) is 11.3 Å². The highest BCUT2D eigenvalue weighted by molar-refractivity contribution is 5.93. The Morgan fingerprint density at radius 1 is 1.26 bits per heavy atom. The monoisotopic (exact) mass is 313 g/mol. The summed E-state index contributed by atoms with van der Waals surface area (Å²) in [6.07, 6.45) is 1.61. The lowest BCUT2D eigenvalue weighted by Gasteiger charge is -2.14. The van der Waals surface area contributed by atoms with Crippen LogP contribution in [0.1, 0.15) is 42.5 Å². The minimum Gasteiger partial charge on any atom is -0.378 e. The van der Waals surface area contributed by atoms with E-state index >= 15 is 0 Å². The first-order valence-electron chi connectivity index (χ1n) is 7.44. The number of rotatable bonds is 4. The minimum absolute atomic E-state index is 0.0804. The summed E-state index contributed by atoms with van der Waals surface area (Å²) in [7, 11) is 3.97. The van der Waals surface area contributed by atoms with E-state index in [1.54, 1.807) is 12.3 Å². The van der Waals surface area contributed by atoms with Gasteiger partial charge in [0.05, 0.1) is 6.21 Å². The SMILES string of the molecule is CN(C)c1ccc(/C=N/NC(=O)c2cc(C(C)(C)C)[nH]n2)cc1. The molecule has 1 heterocycles. The zero-order chi connectivity index (χ0) is 17.0. The standard InChI is InChI=1S/C17H23N5O/c1-17(2,3)15-10-14(19-20-15)16(23)21-18-11-12-6-8-13(9-7-12)22(4)5/h6-11H,1-5H3,(H,19,20)(H,21,23)/b18-11+. The van der Waals surface area contributed by atoms with Crippen molar-refractivity contribution in [3.63, 3.8) is 0 Å².